The largest absolute Gasteiger partial charge is 0.504 e. The molecule has 0 saturated heterocycles. The van der Waals surface area contributed by atoms with E-state index in [4.69, 9.17) is 0 Å². The third kappa shape index (κ3) is 3.58. The van der Waals surface area contributed by atoms with Gasteiger partial charge in [0.2, 0.25) is 16.0 Å². The van der Waals surface area contributed by atoms with Gasteiger partial charge in [-0.25, -0.2) is 27.1 Å². The van der Waals surface area contributed by atoms with Crippen LogP contribution in [0.3, 0.4) is 0 Å². The van der Waals surface area contributed by atoms with Gasteiger partial charge >= 0.3 is 0 Å². The molecule has 0 aliphatic rings. The van der Waals surface area contributed by atoms with E-state index in [1.807, 2.05) is 13.8 Å². The van der Waals surface area contributed by atoms with E-state index in [1.165, 1.54) is 31.3 Å². The number of nitrogens with zero attached hydrogens (tertiary/aromatic N) is 3. The molecule has 0 amide bonds. The normalized spacial score (nSPS) is 11.7. The summed E-state index contributed by atoms with van der Waals surface area (Å²) in [6.45, 7) is 3.64. The van der Waals surface area contributed by atoms with Gasteiger partial charge in [-0.15, -0.1) is 0 Å². The molecule has 6 nitrogen and oxygen atoms in total. The molecule has 0 atom stereocenters. The lowest BCUT2D eigenvalue weighted by atomic mass is 10.0. The molecule has 0 aliphatic heterocycles. The highest BCUT2D eigenvalue weighted by atomic mass is 32.2. The fourth-order valence-electron chi connectivity index (χ4n) is 1.96. The van der Waals surface area contributed by atoms with Crippen molar-refractivity contribution in [3.63, 3.8) is 0 Å². The summed E-state index contributed by atoms with van der Waals surface area (Å²) in [6.07, 6.45) is 1.04. The van der Waals surface area contributed by atoms with Gasteiger partial charge in [-0.3, -0.25) is 0 Å². The van der Waals surface area contributed by atoms with Gasteiger partial charge in [0.15, 0.2) is 5.75 Å². The van der Waals surface area contributed by atoms with Crippen LogP contribution in [0.2, 0.25) is 0 Å². The lowest BCUT2D eigenvalue weighted by Gasteiger charge is -2.19. The molecule has 2 aromatic rings. The highest BCUT2D eigenvalue weighted by Gasteiger charge is 2.22. The van der Waals surface area contributed by atoms with Gasteiger partial charge in [-0.05, 0) is 30.2 Å². The summed E-state index contributed by atoms with van der Waals surface area (Å²) in [7, 11) is -2.22. The fourth-order valence-corrected chi connectivity index (χ4v) is 2.34. The smallest absolute Gasteiger partial charge is 0.240 e. The Hall–Kier alpha value is -2.22. The highest BCUT2D eigenvalue weighted by molar-refractivity contribution is 7.92. The second-order valence-electron chi connectivity index (χ2n) is 5.50. The number of aromatic nitrogens is 2. The number of hydrogen-bond acceptors (Lipinski definition) is 5. The van der Waals surface area contributed by atoms with E-state index in [9.17, 15) is 17.9 Å². The molecule has 2 rings (SSSR count). The quantitative estimate of drug-likeness (QED) is 0.925. The Labute approximate surface area is 134 Å². The molecule has 0 aliphatic carbocycles. The molecule has 23 heavy (non-hydrogen) atoms. The molecule has 1 aromatic carbocycles. The van der Waals surface area contributed by atoms with Crippen LogP contribution in [-0.2, 0) is 10.0 Å². The van der Waals surface area contributed by atoms with Gasteiger partial charge in [0, 0.05) is 12.6 Å². The Morgan fingerprint density at radius 3 is 2.22 bits per heavy atom. The maximum absolute atomic E-state index is 13.1. The van der Waals surface area contributed by atoms with Crippen LogP contribution >= 0.6 is 0 Å². The summed E-state index contributed by atoms with van der Waals surface area (Å²) in [4.78, 5) is 8.30. The van der Waals surface area contributed by atoms with E-state index in [-0.39, 0.29) is 23.3 Å². The SMILES string of the molecule is CC(C)c1nc(N(C)S(C)(=O)=O)nc(-c2ccc(F)cc2)c1O. The van der Waals surface area contributed by atoms with Gasteiger partial charge in [0.1, 0.15) is 11.5 Å². The van der Waals surface area contributed by atoms with Gasteiger partial charge in [0.05, 0.1) is 11.9 Å². The summed E-state index contributed by atoms with van der Waals surface area (Å²) in [5.74, 6) is -0.755. The predicted octanol–water partition coefficient (Wildman–Crippen LogP) is 2.51. The molecule has 1 N–H and O–H groups in total. The molecule has 1 heterocycles. The molecular formula is C15H18FN3O3S. The lowest BCUT2D eigenvalue weighted by molar-refractivity contribution is 0.459. The van der Waals surface area contributed by atoms with Crippen LogP contribution in [0.4, 0.5) is 10.3 Å². The fraction of sp³-hybridized carbons (Fsp3) is 0.333. The topological polar surface area (TPSA) is 83.4 Å². The zero-order valence-corrected chi connectivity index (χ0v) is 14.1. The van der Waals surface area contributed by atoms with E-state index >= 15 is 0 Å². The van der Waals surface area contributed by atoms with Crippen LogP contribution < -0.4 is 4.31 Å². The first-order chi connectivity index (χ1) is 10.6. The number of rotatable bonds is 4. The van der Waals surface area contributed by atoms with E-state index in [0.29, 0.717) is 11.3 Å². The number of anilines is 1. The summed E-state index contributed by atoms with van der Waals surface area (Å²) < 4.78 is 37.5. The van der Waals surface area contributed by atoms with Crippen molar-refractivity contribution < 1.29 is 17.9 Å². The number of aromatic hydroxyl groups is 1. The Bertz CT molecular complexity index is 821. The molecule has 0 spiro atoms. The summed E-state index contributed by atoms with van der Waals surface area (Å²) in [5, 5.41) is 10.4. The Morgan fingerprint density at radius 1 is 1.17 bits per heavy atom. The minimum Gasteiger partial charge on any atom is -0.504 e. The molecule has 124 valence electrons. The van der Waals surface area contributed by atoms with Crippen LogP contribution in [-0.4, -0.2) is 36.8 Å². The van der Waals surface area contributed by atoms with E-state index in [2.05, 4.69) is 9.97 Å². The monoisotopic (exact) mass is 339 g/mol. The molecule has 0 radical (unpaired) electrons. The third-order valence-electron chi connectivity index (χ3n) is 3.34. The van der Waals surface area contributed by atoms with Crippen molar-refractivity contribution in [3.8, 4) is 17.0 Å². The number of hydrogen-bond donors (Lipinski definition) is 1. The Balaban J connectivity index is 2.70. The van der Waals surface area contributed by atoms with Crippen molar-refractivity contribution >= 4 is 16.0 Å². The highest BCUT2D eigenvalue weighted by Crippen LogP contribution is 2.35. The summed E-state index contributed by atoms with van der Waals surface area (Å²) in [6, 6.07) is 5.41. The molecule has 1 aromatic heterocycles. The zero-order chi connectivity index (χ0) is 17.4. The van der Waals surface area contributed by atoms with Gasteiger partial charge in [0.25, 0.3) is 0 Å². The lowest BCUT2D eigenvalue weighted by Crippen LogP contribution is -2.27. The summed E-state index contributed by atoms with van der Waals surface area (Å²) >= 11 is 0. The third-order valence-corrected chi connectivity index (χ3v) is 4.50. The van der Waals surface area contributed by atoms with Gasteiger partial charge in [-0.2, -0.15) is 0 Å². The minimum absolute atomic E-state index is 0.0478. The predicted molar refractivity (Wildman–Crippen MR) is 86.4 cm³/mol. The van der Waals surface area contributed by atoms with Crippen molar-refractivity contribution in [2.45, 2.75) is 19.8 Å². The average molecular weight is 339 g/mol. The number of sulfonamides is 1. The maximum atomic E-state index is 13.1. The standard InChI is InChI=1S/C15H18FN3O3S/c1-9(2)12-14(20)13(10-5-7-11(16)8-6-10)18-15(17-12)19(3)23(4,21)22/h5-9,20H,1-4H3. The van der Waals surface area contributed by atoms with Crippen molar-refractivity contribution in [3.05, 3.63) is 35.8 Å². The Kier molecular flexibility index (Phi) is 4.56. The summed E-state index contributed by atoms with van der Waals surface area (Å²) in [5.41, 5.74) is 0.954. The van der Waals surface area contributed by atoms with E-state index in [1.54, 1.807) is 0 Å². The molecule has 0 unspecified atom stereocenters. The van der Waals surface area contributed by atoms with Crippen LogP contribution in [0.25, 0.3) is 11.3 Å². The molecular weight excluding hydrogens is 321 g/mol. The van der Waals surface area contributed by atoms with Gasteiger partial charge < -0.3 is 5.11 Å². The maximum Gasteiger partial charge on any atom is 0.240 e. The minimum atomic E-state index is -3.55. The average Bonchev–Trinajstić information content (AvgIpc) is 2.46. The second kappa shape index (κ2) is 6.11. The van der Waals surface area contributed by atoms with Crippen LogP contribution in [0.15, 0.2) is 24.3 Å². The first-order valence-electron chi connectivity index (χ1n) is 6.92. The van der Waals surface area contributed by atoms with Crippen molar-refractivity contribution in [2.75, 3.05) is 17.6 Å². The Morgan fingerprint density at radius 2 is 1.74 bits per heavy atom. The number of benzene rings is 1. The second-order valence-corrected chi connectivity index (χ2v) is 7.51. The zero-order valence-electron chi connectivity index (χ0n) is 13.3. The molecule has 8 heteroatoms. The molecule has 0 bridgehead atoms. The van der Waals surface area contributed by atoms with Crippen LogP contribution in [0.5, 0.6) is 5.75 Å². The number of halogens is 1. The first kappa shape index (κ1) is 17.1. The van der Waals surface area contributed by atoms with E-state index < -0.39 is 15.8 Å². The van der Waals surface area contributed by atoms with Crippen molar-refractivity contribution in [1.82, 2.24) is 9.97 Å². The molecule has 0 saturated carbocycles. The first-order valence-corrected chi connectivity index (χ1v) is 8.77. The molecule has 0 fully saturated rings. The van der Waals surface area contributed by atoms with Crippen molar-refractivity contribution in [1.29, 1.82) is 0 Å². The van der Waals surface area contributed by atoms with E-state index in [0.717, 1.165) is 10.6 Å². The van der Waals surface area contributed by atoms with Crippen LogP contribution in [0, 0.1) is 5.82 Å². The van der Waals surface area contributed by atoms with Crippen molar-refractivity contribution in [2.24, 2.45) is 0 Å². The van der Waals surface area contributed by atoms with Gasteiger partial charge in [-0.1, -0.05) is 13.8 Å². The van der Waals surface area contributed by atoms with Crippen LogP contribution in [0.1, 0.15) is 25.5 Å².